The number of rotatable bonds is 6. The highest BCUT2D eigenvalue weighted by molar-refractivity contribution is 5.98. The van der Waals surface area contributed by atoms with Gasteiger partial charge < -0.3 is 25.7 Å². The van der Waals surface area contributed by atoms with E-state index in [-0.39, 0.29) is 41.4 Å². The van der Waals surface area contributed by atoms with Crippen LogP contribution in [0, 0.1) is 5.82 Å². The van der Waals surface area contributed by atoms with E-state index in [2.05, 4.69) is 26.1 Å². The number of hydrogen-bond donors (Lipinski definition) is 4. The van der Waals surface area contributed by atoms with Crippen LogP contribution in [-0.2, 0) is 11.2 Å². The maximum Gasteiger partial charge on any atom is 0.287 e. The zero-order valence-corrected chi connectivity index (χ0v) is 16.4. The highest BCUT2D eigenvalue weighted by Crippen LogP contribution is 2.34. The van der Waals surface area contributed by atoms with Gasteiger partial charge in [-0.1, -0.05) is 11.2 Å². The van der Waals surface area contributed by atoms with E-state index in [1.54, 1.807) is 6.07 Å². The molecule has 1 fully saturated rings. The summed E-state index contributed by atoms with van der Waals surface area (Å²) in [6, 6.07) is 4.19. The molecule has 1 heterocycles. The zero-order chi connectivity index (χ0) is 21.5. The van der Waals surface area contributed by atoms with E-state index in [1.165, 1.54) is 26.0 Å². The van der Waals surface area contributed by atoms with Gasteiger partial charge in [-0.25, -0.2) is 9.02 Å². The molecule has 0 radical (unpaired) electrons. The van der Waals surface area contributed by atoms with Crippen LogP contribution in [0.2, 0.25) is 0 Å². The molecule has 0 unspecified atom stereocenters. The minimum Gasteiger partial charge on any atom is -0.470 e. The van der Waals surface area contributed by atoms with Gasteiger partial charge >= 0.3 is 0 Å². The van der Waals surface area contributed by atoms with Crippen LogP contribution >= 0.6 is 0 Å². The molecule has 10 nitrogen and oxygen atoms in total. The molecule has 160 valence electrons. The fourth-order valence-corrected chi connectivity index (χ4v) is 3.42. The Morgan fingerprint density at radius 3 is 2.80 bits per heavy atom. The van der Waals surface area contributed by atoms with E-state index in [4.69, 9.17) is 9.37 Å². The number of nitrogens with zero attached hydrogens (tertiary/aromatic N) is 3. The normalized spacial score (nSPS) is 23.1. The molecule has 1 saturated carbocycles. The van der Waals surface area contributed by atoms with Gasteiger partial charge in [-0.15, -0.1) is 0 Å². The van der Waals surface area contributed by atoms with Crippen LogP contribution in [0.3, 0.4) is 0 Å². The van der Waals surface area contributed by atoms with Crippen LogP contribution in [0.5, 0.6) is 5.88 Å². The molecule has 2 aliphatic rings. The number of hydrogen-bond acceptors (Lipinski definition) is 8. The molecule has 2 aliphatic carbocycles. The third kappa shape index (κ3) is 3.92. The number of nitrogens with one attached hydrogen (secondary N) is 2. The number of fused-ring (bicyclic) bond motifs is 1. The van der Waals surface area contributed by atoms with Crippen LogP contribution in [0.15, 0.2) is 28.0 Å². The van der Waals surface area contributed by atoms with Gasteiger partial charge in [0.25, 0.3) is 11.8 Å². The Labute approximate surface area is 171 Å². The van der Waals surface area contributed by atoms with Crippen molar-refractivity contribution in [1.82, 2.24) is 20.9 Å². The van der Waals surface area contributed by atoms with Crippen molar-refractivity contribution in [1.29, 1.82) is 0 Å². The molecule has 0 spiro atoms. The Bertz CT molecular complexity index is 980. The van der Waals surface area contributed by atoms with Crippen molar-refractivity contribution in [2.75, 3.05) is 0 Å². The molecule has 4 rings (SSSR count). The van der Waals surface area contributed by atoms with Crippen molar-refractivity contribution in [3.63, 3.8) is 0 Å². The lowest BCUT2D eigenvalue weighted by molar-refractivity contribution is -0.138. The molecular weight excluding hydrogens is 397 g/mol. The van der Waals surface area contributed by atoms with Gasteiger partial charge in [0.15, 0.2) is 0 Å². The Morgan fingerprint density at radius 2 is 2.10 bits per heavy atom. The van der Waals surface area contributed by atoms with Gasteiger partial charge in [-0.05, 0) is 53.8 Å². The number of benzene rings is 1. The van der Waals surface area contributed by atoms with Crippen LogP contribution < -0.4 is 15.4 Å². The first kappa shape index (κ1) is 20.1. The number of carbonyl (C=O) groups is 1. The molecule has 4 N–H and O–H groups in total. The molecule has 0 aliphatic heterocycles. The monoisotopic (exact) mass is 419 g/mol. The average Bonchev–Trinajstić information content (AvgIpc) is 3.10. The molecule has 1 aromatic carbocycles. The summed E-state index contributed by atoms with van der Waals surface area (Å²) in [5.41, 5.74) is 0.427. The Balaban J connectivity index is 1.35. The predicted octanol–water partition coefficient (Wildman–Crippen LogP) is 1.03. The average molecular weight is 419 g/mol. The van der Waals surface area contributed by atoms with Crippen molar-refractivity contribution < 1.29 is 28.9 Å². The first-order valence-electron chi connectivity index (χ1n) is 9.54. The highest BCUT2D eigenvalue weighted by atomic mass is 19.1. The Morgan fingerprint density at radius 1 is 1.33 bits per heavy atom. The Kier molecular flexibility index (Phi) is 5.06. The molecule has 1 atom stereocenters. The summed E-state index contributed by atoms with van der Waals surface area (Å²) in [4.78, 5) is 11.8. The Hall–Kier alpha value is -3.21. The van der Waals surface area contributed by atoms with Crippen LogP contribution in [0.25, 0.3) is 0 Å². The van der Waals surface area contributed by atoms with Crippen molar-refractivity contribution in [2.45, 2.75) is 56.9 Å². The summed E-state index contributed by atoms with van der Waals surface area (Å²) in [6.07, 6.45) is 1.42. The van der Waals surface area contributed by atoms with E-state index >= 15 is 0 Å². The van der Waals surface area contributed by atoms with Crippen molar-refractivity contribution >= 4 is 11.7 Å². The smallest absolute Gasteiger partial charge is 0.287 e. The topological polar surface area (TPSA) is 142 Å². The van der Waals surface area contributed by atoms with Gasteiger partial charge in [-0.3, -0.25) is 4.79 Å². The standard InChI is InChI=1S/C19H22FN5O5/c1-19(2,27)18(26)21-11-7-12(8-11)29-17-15(24-30-25-17)16(23-28)22-14-5-9-3-4-10(20)6-13(9)14/h3-4,6,11-12,14,27-28H,5,7-8H2,1-2H3,(H,21,26)(H,22,23)/t11-,12+,14-/m0/s1. The third-order valence-electron chi connectivity index (χ3n) is 5.27. The molecule has 1 aromatic heterocycles. The van der Waals surface area contributed by atoms with E-state index in [1.807, 2.05) is 0 Å². The molecule has 30 heavy (non-hydrogen) atoms. The molecule has 2 aromatic rings. The number of carbonyl (C=O) groups excluding carboxylic acids is 1. The number of amidine groups is 1. The number of aromatic nitrogens is 2. The summed E-state index contributed by atoms with van der Waals surface area (Å²) in [5, 5.41) is 35.5. The molecular formula is C19H22FN5O5. The largest absolute Gasteiger partial charge is 0.470 e. The summed E-state index contributed by atoms with van der Waals surface area (Å²) < 4.78 is 24.0. The fourth-order valence-electron chi connectivity index (χ4n) is 3.42. The van der Waals surface area contributed by atoms with E-state index in [9.17, 15) is 19.5 Å². The summed E-state index contributed by atoms with van der Waals surface area (Å²) in [7, 11) is 0. The lowest BCUT2D eigenvalue weighted by Gasteiger charge is -2.36. The first-order chi connectivity index (χ1) is 14.2. The van der Waals surface area contributed by atoms with Gasteiger partial charge in [0.2, 0.25) is 11.5 Å². The summed E-state index contributed by atoms with van der Waals surface area (Å²) in [6.45, 7) is 2.83. The maximum absolute atomic E-state index is 13.5. The maximum atomic E-state index is 13.5. The minimum absolute atomic E-state index is 0.00244. The van der Waals surface area contributed by atoms with E-state index in [0.29, 0.717) is 19.3 Å². The second-order valence-corrected chi connectivity index (χ2v) is 8.05. The number of oxime groups is 1. The van der Waals surface area contributed by atoms with Crippen molar-refractivity contribution in [2.24, 2.45) is 5.16 Å². The van der Waals surface area contributed by atoms with Crippen molar-refractivity contribution in [3.05, 3.63) is 40.8 Å². The molecule has 0 saturated heterocycles. The fraction of sp³-hybridized carbons (Fsp3) is 0.474. The minimum atomic E-state index is -1.45. The summed E-state index contributed by atoms with van der Waals surface area (Å²) >= 11 is 0. The second kappa shape index (κ2) is 7.56. The highest BCUT2D eigenvalue weighted by Gasteiger charge is 2.37. The lowest BCUT2D eigenvalue weighted by Crippen LogP contribution is -2.54. The van der Waals surface area contributed by atoms with Crippen LogP contribution in [-0.4, -0.2) is 50.1 Å². The summed E-state index contributed by atoms with van der Waals surface area (Å²) in [5.74, 6) is -0.749. The van der Waals surface area contributed by atoms with Crippen molar-refractivity contribution in [3.8, 4) is 5.88 Å². The van der Waals surface area contributed by atoms with E-state index < -0.39 is 11.5 Å². The predicted molar refractivity (Wildman–Crippen MR) is 100 cm³/mol. The molecule has 11 heteroatoms. The lowest BCUT2D eigenvalue weighted by atomic mass is 9.83. The van der Waals surface area contributed by atoms with Gasteiger partial charge in [0.05, 0.1) is 6.04 Å². The zero-order valence-electron chi connectivity index (χ0n) is 16.4. The molecule has 0 bridgehead atoms. The van der Waals surface area contributed by atoms with Gasteiger partial charge in [0, 0.05) is 18.9 Å². The van der Waals surface area contributed by atoms with Crippen LogP contribution in [0.1, 0.15) is 49.6 Å². The first-order valence-corrected chi connectivity index (χ1v) is 9.54. The SMILES string of the molecule is CC(C)(O)C(=O)N[C@H]1C[C@@H](Oc2nonc2/C(=N/O)N[C@H]2Cc3ccc(F)cc32)C1. The third-order valence-corrected chi connectivity index (χ3v) is 5.27. The number of aliphatic hydroxyl groups is 1. The molecule has 1 amide bonds. The van der Waals surface area contributed by atoms with Gasteiger partial charge in [-0.2, -0.15) is 0 Å². The quantitative estimate of drug-likeness (QED) is 0.235. The van der Waals surface area contributed by atoms with Crippen LogP contribution in [0.4, 0.5) is 4.39 Å². The number of amides is 1. The second-order valence-electron chi connectivity index (χ2n) is 8.05. The van der Waals surface area contributed by atoms with Gasteiger partial charge in [0.1, 0.15) is 17.5 Å². The van der Waals surface area contributed by atoms with E-state index in [0.717, 1.165) is 11.1 Å². The number of ether oxygens (including phenoxy) is 1. The number of halogens is 1.